The summed E-state index contributed by atoms with van der Waals surface area (Å²) in [5.74, 6) is 1.53. The number of hydrogen-bond donors (Lipinski definition) is 2. The number of aromatic nitrogens is 2. The van der Waals surface area contributed by atoms with Crippen LogP contribution in [0.25, 0.3) is 0 Å². The third kappa shape index (κ3) is 3.49. The highest BCUT2D eigenvalue weighted by Crippen LogP contribution is 2.38. The van der Waals surface area contributed by atoms with Gasteiger partial charge in [0.1, 0.15) is 0 Å². The zero-order valence-corrected chi connectivity index (χ0v) is 12.1. The van der Waals surface area contributed by atoms with Gasteiger partial charge in [-0.25, -0.2) is 4.79 Å². The Balaban J connectivity index is 1.41. The monoisotopic (exact) mass is 312 g/mol. The van der Waals surface area contributed by atoms with Gasteiger partial charge in [-0.2, -0.15) is 0 Å². The van der Waals surface area contributed by atoms with Gasteiger partial charge in [-0.3, -0.25) is 0 Å². The highest BCUT2D eigenvalue weighted by Gasteiger charge is 2.29. The Morgan fingerprint density at radius 2 is 2.15 bits per heavy atom. The Kier molecular flexibility index (Phi) is 3.88. The van der Waals surface area contributed by atoms with Gasteiger partial charge in [-0.05, 0) is 25.0 Å². The Bertz CT molecular complexity index is 608. The molecule has 1 fully saturated rings. The van der Waals surface area contributed by atoms with Crippen LogP contribution >= 0.6 is 22.9 Å². The van der Waals surface area contributed by atoms with Crippen LogP contribution in [0.15, 0.2) is 16.5 Å². The van der Waals surface area contributed by atoms with E-state index < -0.39 is 0 Å². The number of nitrogens with one attached hydrogen (secondary N) is 2. The lowest BCUT2D eigenvalue weighted by Gasteiger charge is -2.04. The molecule has 20 heavy (non-hydrogen) atoms. The van der Waals surface area contributed by atoms with E-state index in [1.807, 2.05) is 6.07 Å². The van der Waals surface area contributed by atoms with Crippen LogP contribution in [0.2, 0.25) is 4.34 Å². The number of urea groups is 1. The topological polar surface area (TPSA) is 80.1 Å². The summed E-state index contributed by atoms with van der Waals surface area (Å²) in [7, 11) is 0. The second-order valence-electron chi connectivity index (χ2n) is 4.55. The Labute approximate surface area is 124 Å². The first-order valence-corrected chi connectivity index (χ1v) is 7.48. The van der Waals surface area contributed by atoms with E-state index in [1.165, 1.54) is 11.3 Å². The van der Waals surface area contributed by atoms with E-state index in [4.69, 9.17) is 16.0 Å². The van der Waals surface area contributed by atoms with E-state index in [9.17, 15) is 4.79 Å². The van der Waals surface area contributed by atoms with Crippen LogP contribution < -0.4 is 10.6 Å². The number of nitrogens with zero attached hydrogens (tertiary/aromatic N) is 2. The van der Waals surface area contributed by atoms with Crippen LogP contribution in [0, 0.1) is 0 Å². The van der Waals surface area contributed by atoms with Crippen molar-refractivity contribution < 1.29 is 9.21 Å². The molecule has 2 amide bonds. The number of halogens is 1. The first-order chi connectivity index (χ1) is 9.70. The molecule has 0 aromatic carbocycles. The van der Waals surface area contributed by atoms with Crippen LogP contribution in [-0.2, 0) is 13.1 Å². The average molecular weight is 313 g/mol. The lowest BCUT2D eigenvalue weighted by molar-refractivity contribution is 0.239. The van der Waals surface area contributed by atoms with E-state index in [0.29, 0.717) is 28.6 Å². The molecule has 2 heterocycles. The molecule has 106 valence electrons. The van der Waals surface area contributed by atoms with Gasteiger partial charge in [0.25, 0.3) is 0 Å². The Hall–Kier alpha value is -1.60. The SMILES string of the molecule is O=C(NCc1nnc(C2CC2)o1)NCc1ccc(Cl)s1. The summed E-state index contributed by atoms with van der Waals surface area (Å²) in [6.45, 7) is 0.678. The smallest absolute Gasteiger partial charge is 0.315 e. The number of carbonyl (C=O) groups is 1. The van der Waals surface area contributed by atoms with Crippen LogP contribution in [-0.4, -0.2) is 16.2 Å². The molecule has 1 saturated carbocycles. The van der Waals surface area contributed by atoms with Crippen molar-refractivity contribution in [2.75, 3.05) is 0 Å². The van der Waals surface area contributed by atoms with Crippen molar-refractivity contribution in [2.24, 2.45) is 0 Å². The van der Waals surface area contributed by atoms with Crippen LogP contribution in [0.4, 0.5) is 4.79 Å². The molecule has 1 aliphatic rings. The molecule has 0 saturated heterocycles. The summed E-state index contributed by atoms with van der Waals surface area (Å²) in [6, 6.07) is 3.41. The quantitative estimate of drug-likeness (QED) is 0.889. The highest BCUT2D eigenvalue weighted by molar-refractivity contribution is 7.16. The van der Waals surface area contributed by atoms with Gasteiger partial charge in [0.05, 0.1) is 17.4 Å². The fraction of sp³-hybridized carbons (Fsp3) is 0.417. The predicted molar refractivity (Wildman–Crippen MR) is 74.7 cm³/mol. The maximum absolute atomic E-state index is 11.6. The van der Waals surface area contributed by atoms with Gasteiger partial charge in [0, 0.05) is 10.8 Å². The van der Waals surface area contributed by atoms with Crippen LogP contribution in [0.1, 0.15) is 35.4 Å². The van der Waals surface area contributed by atoms with Gasteiger partial charge < -0.3 is 15.1 Å². The fourth-order valence-electron chi connectivity index (χ4n) is 1.67. The predicted octanol–water partition coefficient (Wildman–Crippen LogP) is 2.66. The summed E-state index contributed by atoms with van der Waals surface area (Å²) in [4.78, 5) is 12.6. The van der Waals surface area contributed by atoms with Gasteiger partial charge in [-0.1, -0.05) is 11.6 Å². The molecule has 2 aromatic heterocycles. The van der Waals surface area contributed by atoms with Gasteiger partial charge in [0.2, 0.25) is 11.8 Å². The van der Waals surface area contributed by atoms with Crippen molar-refractivity contribution in [1.82, 2.24) is 20.8 Å². The molecule has 0 atom stereocenters. The second-order valence-corrected chi connectivity index (χ2v) is 6.35. The standard InChI is InChI=1S/C12H13ClN4O2S/c13-9-4-3-8(20-9)5-14-12(18)15-6-10-16-17-11(19-10)7-1-2-7/h3-4,7H,1-2,5-6H2,(H2,14,15,18). The van der Waals surface area contributed by atoms with Crippen molar-refractivity contribution in [3.8, 4) is 0 Å². The molecular weight excluding hydrogens is 300 g/mol. The zero-order chi connectivity index (χ0) is 13.9. The molecule has 2 aromatic rings. The van der Waals surface area contributed by atoms with E-state index in [0.717, 1.165) is 17.7 Å². The lowest BCUT2D eigenvalue weighted by Crippen LogP contribution is -2.34. The fourth-order valence-corrected chi connectivity index (χ4v) is 2.69. The largest absolute Gasteiger partial charge is 0.423 e. The highest BCUT2D eigenvalue weighted by atomic mass is 35.5. The minimum absolute atomic E-state index is 0.233. The molecular formula is C12H13ClN4O2S. The maximum Gasteiger partial charge on any atom is 0.315 e. The molecule has 2 N–H and O–H groups in total. The van der Waals surface area contributed by atoms with Gasteiger partial charge in [-0.15, -0.1) is 21.5 Å². The minimum atomic E-state index is -0.277. The summed E-state index contributed by atoms with van der Waals surface area (Å²) in [6.07, 6.45) is 2.22. The van der Waals surface area contributed by atoms with Crippen molar-refractivity contribution in [3.05, 3.63) is 33.1 Å². The minimum Gasteiger partial charge on any atom is -0.423 e. The number of rotatable bonds is 5. The lowest BCUT2D eigenvalue weighted by atomic mass is 10.4. The van der Waals surface area contributed by atoms with E-state index in [1.54, 1.807) is 6.07 Å². The molecule has 0 bridgehead atoms. The Morgan fingerprint density at radius 3 is 2.85 bits per heavy atom. The molecule has 1 aliphatic carbocycles. The number of carbonyl (C=O) groups excluding carboxylic acids is 1. The molecule has 6 nitrogen and oxygen atoms in total. The molecule has 8 heteroatoms. The van der Waals surface area contributed by atoms with E-state index >= 15 is 0 Å². The van der Waals surface area contributed by atoms with Crippen molar-refractivity contribution >= 4 is 29.0 Å². The summed E-state index contributed by atoms with van der Waals surface area (Å²) in [5.41, 5.74) is 0. The summed E-state index contributed by atoms with van der Waals surface area (Å²) >= 11 is 7.25. The first kappa shape index (κ1) is 13.4. The van der Waals surface area contributed by atoms with E-state index in [-0.39, 0.29) is 12.6 Å². The zero-order valence-electron chi connectivity index (χ0n) is 10.6. The third-order valence-electron chi connectivity index (χ3n) is 2.86. The van der Waals surface area contributed by atoms with Crippen LogP contribution in [0.3, 0.4) is 0 Å². The first-order valence-electron chi connectivity index (χ1n) is 6.29. The number of thiophene rings is 1. The molecule has 0 radical (unpaired) electrons. The molecule has 0 spiro atoms. The van der Waals surface area contributed by atoms with Gasteiger partial charge >= 0.3 is 6.03 Å². The average Bonchev–Trinajstić information content (AvgIpc) is 3.03. The van der Waals surface area contributed by atoms with Crippen LogP contribution in [0.5, 0.6) is 0 Å². The van der Waals surface area contributed by atoms with Crippen molar-refractivity contribution in [2.45, 2.75) is 31.8 Å². The molecule has 3 rings (SSSR count). The molecule has 0 aliphatic heterocycles. The maximum atomic E-state index is 11.6. The third-order valence-corrected chi connectivity index (χ3v) is 4.09. The Morgan fingerprint density at radius 1 is 1.35 bits per heavy atom. The van der Waals surface area contributed by atoms with E-state index in [2.05, 4.69) is 20.8 Å². The second kappa shape index (κ2) is 5.80. The van der Waals surface area contributed by atoms with Crippen molar-refractivity contribution in [3.63, 3.8) is 0 Å². The van der Waals surface area contributed by atoms with Gasteiger partial charge in [0.15, 0.2) is 0 Å². The normalized spacial score (nSPS) is 14.2. The number of hydrogen-bond acceptors (Lipinski definition) is 5. The summed E-state index contributed by atoms with van der Waals surface area (Å²) in [5, 5.41) is 13.3. The number of amides is 2. The van der Waals surface area contributed by atoms with Crippen molar-refractivity contribution in [1.29, 1.82) is 0 Å². The molecule has 0 unspecified atom stereocenters. The summed E-state index contributed by atoms with van der Waals surface area (Å²) < 4.78 is 6.15.